The van der Waals surface area contributed by atoms with Crippen LogP contribution in [0.4, 0.5) is 0 Å². The summed E-state index contributed by atoms with van der Waals surface area (Å²) < 4.78 is 2.39. The third-order valence-corrected chi connectivity index (χ3v) is 3.50. The zero-order chi connectivity index (χ0) is 15.4. The number of aromatic nitrogens is 1. The predicted octanol–water partition coefficient (Wildman–Crippen LogP) is 2.61. The molecule has 2 aromatic rings. The summed E-state index contributed by atoms with van der Waals surface area (Å²) >= 11 is 3.39. The molecule has 0 saturated heterocycles. The van der Waals surface area contributed by atoms with Crippen LogP contribution in [0, 0.1) is 0 Å². The summed E-state index contributed by atoms with van der Waals surface area (Å²) in [6.45, 7) is 0.231. The molecule has 6 heteroatoms. The van der Waals surface area contributed by atoms with Gasteiger partial charge in [-0.25, -0.2) is 0 Å². The van der Waals surface area contributed by atoms with E-state index in [0.717, 1.165) is 10.0 Å². The summed E-state index contributed by atoms with van der Waals surface area (Å²) in [6, 6.07) is 11.0. The number of rotatable bonds is 5. The number of halogens is 1. The maximum atomic E-state index is 12.4. The standard InChI is InChI=1S/C15H15BrN2O3/c1-17(9-11-4-2-5-12(16)8-11)15(21)13-6-3-7-18(13)10-14(19)20/h2-8H,9-10H2,1H3,(H,19,20). The van der Waals surface area contributed by atoms with Gasteiger partial charge in [0.15, 0.2) is 0 Å². The number of nitrogens with zero attached hydrogens (tertiary/aromatic N) is 2. The van der Waals surface area contributed by atoms with Crippen molar-refractivity contribution in [1.29, 1.82) is 0 Å². The van der Waals surface area contributed by atoms with Crippen LogP contribution in [0.1, 0.15) is 16.1 Å². The fourth-order valence-electron chi connectivity index (χ4n) is 2.07. The Labute approximate surface area is 130 Å². The molecule has 21 heavy (non-hydrogen) atoms. The van der Waals surface area contributed by atoms with Gasteiger partial charge in [0.1, 0.15) is 12.2 Å². The van der Waals surface area contributed by atoms with Gasteiger partial charge in [0.25, 0.3) is 5.91 Å². The fraction of sp³-hybridized carbons (Fsp3) is 0.200. The van der Waals surface area contributed by atoms with E-state index in [-0.39, 0.29) is 12.5 Å². The minimum atomic E-state index is -0.977. The Morgan fingerprint density at radius 3 is 2.71 bits per heavy atom. The van der Waals surface area contributed by atoms with E-state index in [1.165, 1.54) is 4.57 Å². The molecule has 0 radical (unpaired) electrons. The van der Waals surface area contributed by atoms with E-state index in [1.807, 2.05) is 24.3 Å². The second-order valence-electron chi connectivity index (χ2n) is 4.71. The number of hydrogen-bond acceptors (Lipinski definition) is 2. The molecular formula is C15H15BrN2O3. The Bertz CT molecular complexity index is 666. The van der Waals surface area contributed by atoms with Gasteiger partial charge in [-0.05, 0) is 29.8 Å². The van der Waals surface area contributed by atoms with Crippen LogP contribution in [0.15, 0.2) is 47.1 Å². The molecule has 2 rings (SSSR count). The topological polar surface area (TPSA) is 62.5 Å². The largest absolute Gasteiger partial charge is 0.480 e. The third kappa shape index (κ3) is 3.95. The molecule has 0 aliphatic carbocycles. The van der Waals surface area contributed by atoms with E-state index in [4.69, 9.17) is 5.11 Å². The first-order chi connectivity index (χ1) is 9.97. The van der Waals surface area contributed by atoms with E-state index < -0.39 is 5.97 Å². The lowest BCUT2D eigenvalue weighted by atomic mass is 10.2. The second kappa shape index (κ2) is 6.58. The molecule has 0 aliphatic rings. The van der Waals surface area contributed by atoms with Crippen LogP contribution in [-0.4, -0.2) is 33.5 Å². The van der Waals surface area contributed by atoms with Crippen molar-refractivity contribution < 1.29 is 14.7 Å². The summed E-state index contributed by atoms with van der Waals surface area (Å²) in [5, 5.41) is 8.84. The number of benzene rings is 1. The zero-order valence-electron chi connectivity index (χ0n) is 11.5. The van der Waals surface area contributed by atoms with Crippen molar-refractivity contribution in [3.05, 3.63) is 58.3 Å². The molecule has 1 amide bonds. The minimum Gasteiger partial charge on any atom is -0.480 e. The van der Waals surface area contributed by atoms with Crippen molar-refractivity contribution in [1.82, 2.24) is 9.47 Å². The number of carbonyl (C=O) groups excluding carboxylic acids is 1. The summed E-state index contributed by atoms with van der Waals surface area (Å²) in [6.07, 6.45) is 1.59. The lowest BCUT2D eigenvalue weighted by Gasteiger charge is -2.18. The second-order valence-corrected chi connectivity index (χ2v) is 5.62. The number of carbonyl (C=O) groups is 2. The van der Waals surface area contributed by atoms with Gasteiger partial charge in [-0.2, -0.15) is 0 Å². The van der Waals surface area contributed by atoms with Gasteiger partial charge in [0, 0.05) is 24.3 Å². The number of carboxylic acids is 1. The van der Waals surface area contributed by atoms with Gasteiger partial charge < -0.3 is 14.6 Å². The normalized spacial score (nSPS) is 10.4. The average Bonchev–Trinajstić information content (AvgIpc) is 2.85. The maximum Gasteiger partial charge on any atom is 0.323 e. The Balaban J connectivity index is 2.12. The van der Waals surface area contributed by atoms with Crippen molar-refractivity contribution >= 4 is 27.8 Å². The molecule has 0 saturated carbocycles. The highest BCUT2D eigenvalue weighted by molar-refractivity contribution is 9.10. The number of carboxylic acid groups (broad SMARTS) is 1. The lowest BCUT2D eigenvalue weighted by Crippen LogP contribution is -2.29. The number of aliphatic carboxylic acids is 1. The molecule has 0 aliphatic heterocycles. The van der Waals surface area contributed by atoms with Crippen LogP contribution >= 0.6 is 15.9 Å². The van der Waals surface area contributed by atoms with Crippen LogP contribution in [0.3, 0.4) is 0 Å². The first kappa shape index (κ1) is 15.3. The predicted molar refractivity (Wildman–Crippen MR) is 82.0 cm³/mol. The van der Waals surface area contributed by atoms with E-state index in [9.17, 15) is 9.59 Å². The number of amides is 1. The van der Waals surface area contributed by atoms with E-state index in [1.54, 1.807) is 30.3 Å². The van der Waals surface area contributed by atoms with Crippen molar-refractivity contribution in [2.24, 2.45) is 0 Å². The van der Waals surface area contributed by atoms with E-state index in [0.29, 0.717) is 12.2 Å². The van der Waals surface area contributed by atoms with Gasteiger partial charge in [-0.3, -0.25) is 9.59 Å². The molecule has 5 nitrogen and oxygen atoms in total. The molecular weight excluding hydrogens is 336 g/mol. The molecule has 0 unspecified atom stereocenters. The van der Waals surface area contributed by atoms with Crippen molar-refractivity contribution in [3.63, 3.8) is 0 Å². The molecule has 110 valence electrons. The van der Waals surface area contributed by atoms with Crippen molar-refractivity contribution in [2.75, 3.05) is 7.05 Å². The van der Waals surface area contributed by atoms with Crippen LogP contribution in [0.2, 0.25) is 0 Å². The highest BCUT2D eigenvalue weighted by atomic mass is 79.9. The molecule has 0 fully saturated rings. The van der Waals surface area contributed by atoms with Crippen molar-refractivity contribution in [3.8, 4) is 0 Å². The minimum absolute atomic E-state index is 0.207. The Morgan fingerprint density at radius 1 is 1.29 bits per heavy atom. The average molecular weight is 351 g/mol. The summed E-state index contributed by atoms with van der Waals surface area (Å²) in [5.41, 5.74) is 1.37. The van der Waals surface area contributed by atoms with E-state index in [2.05, 4.69) is 15.9 Å². The van der Waals surface area contributed by atoms with Gasteiger partial charge in [0.05, 0.1) is 0 Å². The Kier molecular flexibility index (Phi) is 4.80. The Morgan fingerprint density at radius 2 is 2.05 bits per heavy atom. The molecule has 0 atom stereocenters. The molecule has 1 N–H and O–H groups in total. The first-order valence-corrected chi connectivity index (χ1v) is 7.13. The Hall–Kier alpha value is -2.08. The highest BCUT2D eigenvalue weighted by Crippen LogP contribution is 2.14. The molecule has 0 bridgehead atoms. The molecule has 1 aromatic carbocycles. The van der Waals surface area contributed by atoms with Crippen molar-refractivity contribution in [2.45, 2.75) is 13.1 Å². The highest BCUT2D eigenvalue weighted by Gasteiger charge is 2.17. The van der Waals surface area contributed by atoms with Crippen LogP contribution in [0.5, 0.6) is 0 Å². The summed E-state index contributed by atoms with van der Waals surface area (Å²) in [7, 11) is 1.70. The molecule has 1 heterocycles. The number of hydrogen-bond donors (Lipinski definition) is 1. The molecule has 0 spiro atoms. The smallest absolute Gasteiger partial charge is 0.323 e. The van der Waals surface area contributed by atoms with Crippen LogP contribution in [0.25, 0.3) is 0 Å². The quantitative estimate of drug-likeness (QED) is 0.901. The van der Waals surface area contributed by atoms with Gasteiger partial charge in [-0.15, -0.1) is 0 Å². The fourth-order valence-corrected chi connectivity index (χ4v) is 2.52. The van der Waals surface area contributed by atoms with E-state index >= 15 is 0 Å². The molecule has 1 aromatic heterocycles. The summed E-state index contributed by atoms with van der Waals surface area (Å²) in [4.78, 5) is 24.8. The monoisotopic (exact) mass is 350 g/mol. The van der Waals surface area contributed by atoms with Crippen LogP contribution < -0.4 is 0 Å². The van der Waals surface area contributed by atoms with Gasteiger partial charge >= 0.3 is 5.97 Å². The lowest BCUT2D eigenvalue weighted by molar-refractivity contribution is -0.137. The SMILES string of the molecule is CN(Cc1cccc(Br)c1)C(=O)c1cccn1CC(=O)O. The maximum absolute atomic E-state index is 12.4. The van der Waals surface area contributed by atoms with Gasteiger partial charge in [0.2, 0.25) is 0 Å². The van der Waals surface area contributed by atoms with Crippen LogP contribution in [-0.2, 0) is 17.9 Å². The third-order valence-electron chi connectivity index (χ3n) is 3.01. The first-order valence-electron chi connectivity index (χ1n) is 6.34. The summed E-state index contributed by atoms with van der Waals surface area (Å²) in [5.74, 6) is -1.18. The van der Waals surface area contributed by atoms with Gasteiger partial charge in [-0.1, -0.05) is 28.1 Å². The zero-order valence-corrected chi connectivity index (χ0v) is 13.1.